The Hall–Kier alpha value is -0.570. The Morgan fingerprint density at radius 2 is 1.83 bits per heavy atom. The van der Waals surface area contributed by atoms with Crippen LogP contribution in [0.5, 0.6) is 0 Å². The Kier molecular flexibility index (Phi) is 5.64. The average molecular weight is 255 g/mol. The molecule has 1 aliphatic rings. The van der Waals surface area contributed by atoms with Crippen LogP contribution in [-0.2, 0) is 9.53 Å². The maximum Gasteiger partial charge on any atom is 0.323 e. The maximum absolute atomic E-state index is 12.1. The molecule has 0 N–H and O–H groups in total. The van der Waals surface area contributed by atoms with E-state index in [2.05, 4.69) is 11.8 Å². The van der Waals surface area contributed by atoms with Crippen molar-refractivity contribution < 1.29 is 9.53 Å². The van der Waals surface area contributed by atoms with Crippen LogP contribution in [-0.4, -0.2) is 35.1 Å². The van der Waals surface area contributed by atoms with Crippen LogP contribution in [0.2, 0.25) is 0 Å². The summed E-state index contributed by atoms with van der Waals surface area (Å²) in [5.41, 5.74) is -0.392. The van der Waals surface area contributed by atoms with Crippen molar-refractivity contribution in [1.82, 2.24) is 4.90 Å². The van der Waals surface area contributed by atoms with Crippen LogP contribution in [0, 0.1) is 0 Å². The summed E-state index contributed by atoms with van der Waals surface area (Å²) in [6, 6.07) is 0.434. The van der Waals surface area contributed by atoms with Crippen LogP contribution in [0.4, 0.5) is 0 Å². The third-order valence-electron chi connectivity index (χ3n) is 3.65. The van der Waals surface area contributed by atoms with Crippen molar-refractivity contribution in [3.8, 4) is 0 Å². The lowest BCUT2D eigenvalue weighted by atomic mass is 9.93. The highest BCUT2D eigenvalue weighted by molar-refractivity contribution is 5.75. The summed E-state index contributed by atoms with van der Waals surface area (Å²) in [6.07, 6.45) is 6.38. The van der Waals surface area contributed by atoms with Gasteiger partial charge in [0.2, 0.25) is 0 Å². The molecule has 1 rings (SSSR count). The normalized spacial score (nSPS) is 19.9. The molecule has 0 radical (unpaired) electrons. The maximum atomic E-state index is 12.1. The van der Waals surface area contributed by atoms with E-state index in [9.17, 15) is 4.79 Å². The van der Waals surface area contributed by atoms with Crippen LogP contribution < -0.4 is 0 Å². The number of likely N-dealkylation sites (N-methyl/N-ethyl adjacent to an activating group) is 1. The lowest BCUT2D eigenvalue weighted by Gasteiger charge is -2.37. The quantitative estimate of drug-likeness (QED) is 0.721. The number of nitrogens with zero attached hydrogens (tertiary/aromatic N) is 1. The largest absolute Gasteiger partial charge is 0.459 e. The molecule has 0 amide bonds. The number of esters is 1. The highest BCUT2D eigenvalue weighted by Crippen LogP contribution is 2.24. The minimum atomic E-state index is -0.392. The van der Waals surface area contributed by atoms with Gasteiger partial charge in [0.25, 0.3) is 0 Å². The van der Waals surface area contributed by atoms with Crippen LogP contribution >= 0.6 is 0 Å². The van der Waals surface area contributed by atoms with Gasteiger partial charge in [-0.2, -0.15) is 0 Å². The second kappa shape index (κ2) is 6.55. The number of ether oxygens (including phenoxy) is 1. The Labute approximate surface area is 112 Å². The zero-order chi connectivity index (χ0) is 13.8. The predicted octanol–water partition coefficient (Wildman–Crippen LogP) is 3.37. The molecule has 1 unspecified atom stereocenters. The molecule has 3 nitrogen and oxygen atoms in total. The highest BCUT2D eigenvalue weighted by Gasteiger charge is 2.30. The number of hydrogen-bond donors (Lipinski definition) is 0. The first kappa shape index (κ1) is 15.5. The minimum Gasteiger partial charge on any atom is -0.459 e. The highest BCUT2D eigenvalue weighted by atomic mass is 16.6. The van der Waals surface area contributed by atoms with Gasteiger partial charge in [0.05, 0.1) is 0 Å². The van der Waals surface area contributed by atoms with Crippen molar-refractivity contribution in [3.05, 3.63) is 0 Å². The van der Waals surface area contributed by atoms with Gasteiger partial charge in [0.15, 0.2) is 0 Å². The molecule has 0 saturated heterocycles. The van der Waals surface area contributed by atoms with Crippen molar-refractivity contribution in [1.29, 1.82) is 0 Å². The van der Waals surface area contributed by atoms with Gasteiger partial charge in [-0.1, -0.05) is 26.2 Å². The zero-order valence-corrected chi connectivity index (χ0v) is 12.7. The Morgan fingerprint density at radius 3 is 2.28 bits per heavy atom. The van der Waals surface area contributed by atoms with Gasteiger partial charge >= 0.3 is 5.97 Å². The third kappa shape index (κ3) is 4.60. The van der Waals surface area contributed by atoms with E-state index in [0.29, 0.717) is 6.04 Å². The van der Waals surface area contributed by atoms with Crippen molar-refractivity contribution in [2.45, 2.75) is 84.4 Å². The molecule has 106 valence electrons. The molecule has 0 aromatic rings. The molecule has 1 saturated carbocycles. The Balaban J connectivity index is 2.60. The van der Waals surface area contributed by atoms with Gasteiger partial charge < -0.3 is 4.74 Å². The average Bonchev–Trinajstić information content (AvgIpc) is 2.29. The number of rotatable bonds is 4. The summed E-state index contributed by atoms with van der Waals surface area (Å²) in [4.78, 5) is 14.5. The summed E-state index contributed by atoms with van der Waals surface area (Å²) < 4.78 is 5.49. The lowest BCUT2D eigenvalue weighted by molar-refractivity contribution is -0.162. The summed E-state index contributed by atoms with van der Waals surface area (Å²) in [5.74, 6) is -0.0880. The molecule has 0 aromatic heterocycles. The third-order valence-corrected chi connectivity index (χ3v) is 3.65. The molecule has 0 aromatic carbocycles. The van der Waals surface area contributed by atoms with E-state index in [0.717, 1.165) is 6.54 Å². The fraction of sp³-hybridized carbons (Fsp3) is 0.933. The first-order chi connectivity index (χ1) is 8.35. The SMILES string of the molecule is CCN(C1CCCCC1)C(C)C(=O)OC(C)(C)C. The lowest BCUT2D eigenvalue weighted by Crippen LogP contribution is -2.48. The van der Waals surface area contributed by atoms with Gasteiger partial charge in [-0.3, -0.25) is 9.69 Å². The van der Waals surface area contributed by atoms with E-state index in [1.54, 1.807) is 0 Å². The van der Waals surface area contributed by atoms with Crippen LogP contribution in [0.3, 0.4) is 0 Å². The smallest absolute Gasteiger partial charge is 0.323 e. The summed E-state index contributed by atoms with van der Waals surface area (Å²) in [6.45, 7) is 10.8. The van der Waals surface area contributed by atoms with Gasteiger partial charge in [0, 0.05) is 6.04 Å². The molecule has 0 bridgehead atoms. The number of hydrogen-bond acceptors (Lipinski definition) is 3. The van der Waals surface area contributed by atoms with Gasteiger partial charge in [-0.05, 0) is 47.1 Å². The van der Waals surface area contributed by atoms with E-state index in [-0.39, 0.29) is 12.0 Å². The molecule has 0 aliphatic heterocycles. The van der Waals surface area contributed by atoms with Crippen molar-refractivity contribution in [2.75, 3.05) is 6.54 Å². The fourth-order valence-electron chi connectivity index (χ4n) is 2.78. The molecule has 1 aliphatic carbocycles. The van der Waals surface area contributed by atoms with E-state index < -0.39 is 5.60 Å². The fourth-order valence-corrected chi connectivity index (χ4v) is 2.78. The molecule has 18 heavy (non-hydrogen) atoms. The first-order valence-corrected chi connectivity index (χ1v) is 7.33. The molecule has 0 heterocycles. The van der Waals surface area contributed by atoms with E-state index in [1.165, 1.54) is 32.1 Å². The monoisotopic (exact) mass is 255 g/mol. The van der Waals surface area contributed by atoms with Crippen LogP contribution in [0.25, 0.3) is 0 Å². The molecular weight excluding hydrogens is 226 g/mol. The Bertz CT molecular complexity index is 264. The first-order valence-electron chi connectivity index (χ1n) is 7.33. The summed E-state index contributed by atoms with van der Waals surface area (Å²) in [7, 11) is 0. The molecule has 1 fully saturated rings. The molecular formula is C15H29NO2. The standard InChI is InChI=1S/C15H29NO2/c1-6-16(13-10-8-7-9-11-13)12(2)14(17)18-15(3,4)5/h12-13H,6-11H2,1-5H3. The van der Waals surface area contributed by atoms with E-state index in [4.69, 9.17) is 4.74 Å². The van der Waals surface area contributed by atoms with Crippen molar-refractivity contribution in [3.63, 3.8) is 0 Å². The van der Waals surface area contributed by atoms with E-state index in [1.807, 2.05) is 27.7 Å². The minimum absolute atomic E-state index is 0.0880. The van der Waals surface area contributed by atoms with E-state index >= 15 is 0 Å². The van der Waals surface area contributed by atoms with Gasteiger partial charge in [-0.15, -0.1) is 0 Å². The molecule has 1 atom stereocenters. The second-order valence-electron chi connectivity index (χ2n) is 6.33. The molecule has 0 spiro atoms. The topological polar surface area (TPSA) is 29.5 Å². The van der Waals surface area contributed by atoms with Crippen LogP contribution in [0.15, 0.2) is 0 Å². The van der Waals surface area contributed by atoms with Gasteiger partial charge in [-0.25, -0.2) is 0 Å². The number of carbonyl (C=O) groups is 1. The number of carbonyl (C=O) groups excluding carboxylic acids is 1. The second-order valence-corrected chi connectivity index (χ2v) is 6.33. The predicted molar refractivity (Wildman–Crippen MR) is 74.6 cm³/mol. The Morgan fingerprint density at radius 1 is 1.28 bits per heavy atom. The van der Waals surface area contributed by atoms with Crippen molar-refractivity contribution in [2.24, 2.45) is 0 Å². The zero-order valence-electron chi connectivity index (χ0n) is 12.7. The van der Waals surface area contributed by atoms with Crippen molar-refractivity contribution >= 4 is 5.97 Å². The molecule has 3 heteroatoms. The summed E-state index contributed by atoms with van der Waals surface area (Å²) >= 11 is 0. The van der Waals surface area contributed by atoms with Gasteiger partial charge in [0.1, 0.15) is 11.6 Å². The summed E-state index contributed by atoms with van der Waals surface area (Å²) in [5, 5.41) is 0. The van der Waals surface area contributed by atoms with Crippen LogP contribution in [0.1, 0.15) is 66.7 Å².